The second-order valence-electron chi connectivity index (χ2n) is 9.06. The van der Waals surface area contributed by atoms with Gasteiger partial charge >= 0.3 is 5.97 Å². The lowest BCUT2D eigenvalue weighted by molar-refractivity contribution is 0.0325. The van der Waals surface area contributed by atoms with E-state index in [9.17, 15) is 17.6 Å². The molecule has 0 unspecified atom stereocenters. The zero-order valence-electron chi connectivity index (χ0n) is 20.6. The number of benzene rings is 1. The van der Waals surface area contributed by atoms with E-state index < -0.39 is 22.9 Å². The first kappa shape index (κ1) is 26.1. The number of esters is 1. The van der Waals surface area contributed by atoms with Crippen LogP contribution in [0.15, 0.2) is 52.9 Å². The number of rotatable bonds is 8. The van der Waals surface area contributed by atoms with E-state index in [0.717, 1.165) is 39.6 Å². The Morgan fingerprint density at radius 2 is 2.03 bits per heavy atom. The molecule has 1 aliphatic rings. The molecule has 200 valence electrons. The number of carbonyl (C=O) groups is 1. The van der Waals surface area contributed by atoms with Crippen LogP contribution in [0, 0.1) is 12.8 Å². The van der Waals surface area contributed by atoms with E-state index in [1.165, 1.54) is 15.8 Å². The smallest absolute Gasteiger partial charge is 0.352 e. The molecule has 0 aliphatic carbocycles. The molecule has 13 heteroatoms. The molecule has 1 saturated heterocycles. The maximum atomic E-state index is 13.2. The second-order valence-corrected chi connectivity index (χ2v) is 11.9. The maximum Gasteiger partial charge on any atom is 0.352 e. The Bertz CT molecular complexity index is 1580. The van der Waals surface area contributed by atoms with Crippen molar-refractivity contribution in [1.82, 2.24) is 18.9 Å². The van der Waals surface area contributed by atoms with E-state index in [-0.39, 0.29) is 15.7 Å². The number of hydrogen-bond donors (Lipinski definition) is 2. The molecule has 4 heterocycles. The van der Waals surface area contributed by atoms with Crippen molar-refractivity contribution in [2.24, 2.45) is 5.92 Å². The number of nitrogens with one attached hydrogen (secondary N) is 1. The number of halogens is 1. The summed E-state index contributed by atoms with van der Waals surface area (Å²) in [6, 6.07) is 10.8. The molecular formula is C25H27FN6O4S2. The van der Waals surface area contributed by atoms with Gasteiger partial charge in [-0.25, -0.2) is 22.6 Å². The highest BCUT2D eigenvalue weighted by atomic mass is 32.2. The number of nitrogens with two attached hydrogens (primary N) is 1. The molecule has 5 rings (SSSR count). The number of alkyl halides is 1. The summed E-state index contributed by atoms with van der Waals surface area (Å²) in [5.41, 5.74) is 10.1. The first-order chi connectivity index (χ1) is 18.3. The van der Waals surface area contributed by atoms with Crippen molar-refractivity contribution in [2.75, 3.05) is 37.5 Å². The van der Waals surface area contributed by atoms with Gasteiger partial charge in [-0.2, -0.15) is 13.9 Å². The van der Waals surface area contributed by atoms with Crippen LogP contribution in [0.1, 0.15) is 28.1 Å². The summed E-state index contributed by atoms with van der Waals surface area (Å²) in [6.45, 7) is 1.86. The predicted octanol–water partition coefficient (Wildman–Crippen LogP) is 3.95. The van der Waals surface area contributed by atoms with E-state index in [0.29, 0.717) is 38.2 Å². The Morgan fingerprint density at radius 1 is 1.26 bits per heavy atom. The van der Waals surface area contributed by atoms with Gasteiger partial charge in [-0.1, -0.05) is 18.2 Å². The fourth-order valence-electron chi connectivity index (χ4n) is 4.57. The summed E-state index contributed by atoms with van der Waals surface area (Å²) in [4.78, 5) is 16.5. The van der Waals surface area contributed by atoms with Crippen LogP contribution in [0.2, 0.25) is 0 Å². The van der Waals surface area contributed by atoms with Gasteiger partial charge in [0.05, 0.1) is 11.9 Å². The number of aromatic nitrogens is 3. The zero-order chi connectivity index (χ0) is 26.9. The SMILES string of the molecule is Cc1cnn2c(NCC3CCN(S(=O)(=O)c4ccsc4C(=O)OCF)CC3)cc(-c3ccccc3N)nc12. The van der Waals surface area contributed by atoms with Crippen molar-refractivity contribution >= 4 is 44.5 Å². The van der Waals surface area contributed by atoms with Crippen LogP contribution >= 0.6 is 11.3 Å². The lowest BCUT2D eigenvalue weighted by Gasteiger charge is -2.31. The van der Waals surface area contributed by atoms with Gasteiger partial charge in [0.2, 0.25) is 16.9 Å². The van der Waals surface area contributed by atoms with Crippen LogP contribution in [0.3, 0.4) is 0 Å². The number of para-hydroxylation sites is 1. The van der Waals surface area contributed by atoms with Crippen molar-refractivity contribution in [3.63, 3.8) is 0 Å². The van der Waals surface area contributed by atoms with E-state index >= 15 is 0 Å². The minimum atomic E-state index is -3.90. The summed E-state index contributed by atoms with van der Waals surface area (Å²) in [6.07, 6.45) is 3.02. The van der Waals surface area contributed by atoms with Crippen molar-refractivity contribution in [2.45, 2.75) is 24.7 Å². The van der Waals surface area contributed by atoms with Gasteiger partial charge < -0.3 is 15.8 Å². The van der Waals surface area contributed by atoms with Crippen LogP contribution in [0.5, 0.6) is 0 Å². The van der Waals surface area contributed by atoms with Gasteiger partial charge in [-0.3, -0.25) is 0 Å². The quantitative estimate of drug-likeness (QED) is 0.246. The Morgan fingerprint density at radius 3 is 2.76 bits per heavy atom. The Hall–Kier alpha value is -3.55. The molecule has 1 fully saturated rings. The molecule has 38 heavy (non-hydrogen) atoms. The van der Waals surface area contributed by atoms with E-state index in [1.54, 1.807) is 10.7 Å². The number of ether oxygens (including phenoxy) is 1. The molecule has 0 bridgehead atoms. The van der Waals surface area contributed by atoms with Crippen LogP contribution < -0.4 is 11.1 Å². The van der Waals surface area contributed by atoms with Gasteiger partial charge in [-0.15, -0.1) is 11.3 Å². The van der Waals surface area contributed by atoms with Gasteiger partial charge in [-0.05, 0) is 43.2 Å². The van der Waals surface area contributed by atoms with Gasteiger partial charge in [0.15, 0.2) is 5.65 Å². The van der Waals surface area contributed by atoms with Gasteiger partial charge in [0.25, 0.3) is 0 Å². The largest absolute Gasteiger partial charge is 0.430 e. The molecule has 0 saturated carbocycles. The molecule has 3 N–H and O–H groups in total. The number of hydrogen-bond acceptors (Lipinski definition) is 9. The molecular weight excluding hydrogens is 531 g/mol. The van der Waals surface area contributed by atoms with Crippen molar-refractivity contribution in [3.05, 3.63) is 58.4 Å². The third-order valence-corrected chi connectivity index (χ3v) is 9.61. The number of sulfonamides is 1. The lowest BCUT2D eigenvalue weighted by Crippen LogP contribution is -2.40. The van der Waals surface area contributed by atoms with Crippen LogP contribution in [0.25, 0.3) is 16.9 Å². The molecule has 0 spiro atoms. The summed E-state index contributed by atoms with van der Waals surface area (Å²) in [5.74, 6) is 0.00465. The normalized spacial score (nSPS) is 15.1. The molecule has 1 aromatic carbocycles. The summed E-state index contributed by atoms with van der Waals surface area (Å²) in [7, 11) is -3.90. The summed E-state index contributed by atoms with van der Waals surface area (Å²) < 4.78 is 46.3. The van der Waals surface area contributed by atoms with Crippen LogP contribution in [-0.4, -0.2) is 59.8 Å². The molecule has 4 aromatic rings. The van der Waals surface area contributed by atoms with Gasteiger partial charge in [0.1, 0.15) is 15.6 Å². The van der Waals surface area contributed by atoms with Crippen molar-refractivity contribution in [1.29, 1.82) is 0 Å². The Balaban J connectivity index is 1.29. The van der Waals surface area contributed by atoms with Gasteiger partial charge in [0, 0.05) is 42.5 Å². The second kappa shape index (κ2) is 10.7. The fourth-order valence-corrected chi connectivity index (χ4v) is 7.33. The highest BCUT2D eigenvalue weighted by Crippen LogP contribution is 2.31. The lowest BCUT2D eigenvalue weighted by atomic mass is 9.98. The van der Waals surface area contributed by atoms with E-state index in [4.69, 9.17) is 10.7 Å². The number of carbonyl (C=O) groups excluding carboxylic acids is 1. The minimum absolute atomic E-state index is 0.113. The number of aryl methyl sites for hydroxylation is 1. The summed E-state index contributed by atoms with van der Waals surface area (Å²) in [5, 5.41) is 9.42. The number of fused-ring (bicyclic) bond motifs is 1. The minimum Gasteiger partial charge on any atom is -0.430 e. The molecule has 1 aliphatic heterocycles. The average molecular weight is 559 g/mol. The first-order valence-corrected chi connectivity index (χ1v) is 14.4. The first-order valence-electron chi connectivity index (χ1n) is 12.0. The average Bonchev–Trinajstić information content (AvgIpc) is 3.56. The third-order valence-electron chi connectivity index (χ3n) is 6.65. The topological polar surface area (TPSA) is 132 Å². The molecule has 0 amide bonds. The standard InChI is InChI=1S/C25H27FN6O4S2/c1-16-13-29-32-22(12-20(30-24(16)32)18-4-2-3-5-19(18)27)28-14-17-6-9-31(10-7-17)38(34,35)21-8-11-37-23(21)25(33)36-15-26/h2-5,8,11-13,17,28H,6-7,9-10,14-15,27H2,1H3. The highest BCUT2D eigenvalue weighted by molar-refractivity contribution is 7.89. The number of nitrogens with zero attached hydrogens (tertiary/aromatic N) is 4. The molecule has 0 atom stereocenters. The van der Waals surface area contributed by atoms with Crippen LogP contribution in [-0.2, 0) is 14.8 Å². The summed E-state index contributed by atoms with van der Waals surface area (Å²) >= 11 is 0.919. The number of nitrogen functional groups attached to an aromatic ring is 1. The third kappa shape index (κ3) is 4.96. The van der Waals surface area contributed by atoms with E-state index in [2.05, 4.69) is 15.2 Å². The predicted molar refractivity (Wildman–Crippen MR) is 143 cm³/mol. The van der Waals surface area contributed by atoms with E-state index in [1.807, 2.05) is 37.3 Å². The maximum absolute atomic E-state index is 13.2. The number of piperidine rings is 1. The highest BCUT2D eigenvalue weighted by Gasteiger charge is 2.33. The molecule has 10 nitrogen and oxygen atoms in total. The van der Waals surface area contributed by atoms with Crippen LogP contribution in [0.4, 0.5) is 15.9 Å². The molecule has 0 radical (unpaired) electrons. The fraction of sp³-hybridized carbons (Fsp3) is 0.320. The number of anilines is 2. The monoisotopic (exact) mass is 558 g/mol. The number of thiophene rings is 1. The Labute approximate surface area is 223 Å². The van der Waals surface area contributed by atoms with Crippen molar-refractivity contribution in [3.8, 4) is 11.3 Å². The molecule has 3 aromatic heterocycles. The van der Waals surface area contributed by atoms with Crippen molar-refractivity contribution < 1.29 is 22.3 Å². The Kier molecular flexibility index (Phi) is 7.32. The zero-order valence-corrected chi connectivity index (χ0v) is 22.3.